The molecule has 2 aliphatic heterocycles. The van der Waals surface area contributed by atoms with Gasteiger partial charge in [-0.1, -0.05) is 138 Å². The highest BCUT2D eigenvalue weighted by Gasteiger charge is 2.31. The minimum atomic E-state index is -0.696. The zero-order valence-corrected chi connectivity index (χ0v) is 41.1. The third kappa shape index (κ3) is 8.48. The Kier molecular flexibility index (Phi) is 11.8. The molecule has 0 saturated carbocycles. The van der Waals surface area contributed by atoms with Gasteiger partial charge in [0.05, 0.1) is 53.8 Å². The number of amides is 1. The van der Waals surface area contributed by atoms with Gasteiger partial charge in [-0.2, -0.15) is 0 Å². The van der Waals surface area contributed by atoms with Crippen LogP contribution in [-0.2, 0) is 9.47 Å². The molecule has 10 heteroatoms. The molecule has 10 nitrogen and oxygen atoms in total. The van der Waals surface area contributed by atoms with Gasteiger partial charge in [-0.25, -0.2) is 19.6 Å². The average Bonchev–Trinajstić information content (AvgIpc) is 4.24. The molecule has 0 unspecified atom stereocenters. The van der Waals surface area contributed by atoms with Crippen molar-refractivity contribution in [1.29, 1.82) is 0 Å². The van der Waals surface area contributed by atoms with Gasteiger partial charge >= 0.3 is 11.9 Å². The van der Waals surface area contributed by atoms with Crippen molar-refractivity contribution < 1.29 is 23.9 Å². The molecule has 11 rings (SSSR count). The number of H-pyrrole nitrogens is 2. The lowest BCUT2D eigenvalue weighted by molar-refractivity contribution is 0.0555. The maximum atomic E-state index is 14.3. The van der Waals surface area contributed by atoms with Gasteiger partial charge in [0, 0.05) is 61.0 Å². The SMILES string of the molecule is COC(=O)c1cc2c(cc1C(=O)OC)-c1nc-2c(-c2ccc(C)cc2)c2ccc([nH]2)c(-c2ccc(C)cc2)c2nc(c(-c3ccc(C)cc3)c3ccc([nH]3)c1-c1ccc(C)cc1)C(NC(=O)c1ccccc1)=C2. The normalized spacial score (nSPS) is 11.7. The van der Waals surface area contributed by atoms with Crippen molar-refractivity contribution in [1.82, 2.24) is 25.3 Å². The second-order valence-corrected chi connectivity index (χ2v) is 18.5. The fraction of sp³-hybridized carbons (Fsp3) is 0.0952. The predicted molar refractivity (Wildman–Crippen MR) is 291 cm³/mol. The molecular formula is C63H49N5O5. The summed E-state index contributed by atoms with van der Waals surface area (Å²) in [5.41, 5.74) is 18.4. The minimum absolute atomic E-state index is 0.0395. The molecule has 0 fully saturated rings. The number of benzene rings is 6. The average molecular weight is 956 g/mol. The van der Waals surface area contributed by atoms with Crippen LogP contribution in [0, 0.1) is 27.7 Å². The first kappa shape index (κ1) is 46.0. The van der Waals surface area contributed by atoms with Gasteiger partial charge in [-0.15, -0.1) is 0 Å². The van der Waals surface area contributed by atoms with Crippen molar-refractivity contribution in [3.8, 4) is 67.0 Å². The zero-order valence-electron chi connectivity index (χ0n) is 41.1. The smallest absolute Gasteiger partial charge is 0.338 e. The maximum Gasteiger partial charge on any atom is 0.338 e. The second-order valence-electron chi connectivity index (χ2n) is 18.5. The summed E-state index contributed by atoms with van der Waals surface area (Å²) < 4.78 is 10.6. The molecule has 356 valence electrons. The van der Waals surface area contributed by atoms with Crippen LogP contribution in [0.2, 0.25) is 0 Å². The lowest BCUT2D eigenvalue weighted by atomic mass is 9.91. The molecule has 0 radical (unpaired) electrons. The third-order valence-electron chi connectivity index (χ3n) is 13.5. The Morgan fingerprint density at radius 1 is 0.438 bits per heavy atom. The Morgan fingerprint density at radius 2 is 0.808 bits per heavy atom. The summed E-state index contributed by atoms with van der Waals surface area (Å²) in [7, 11) is 2.58. The molecule has 0 spiro atoms. The van der Waals surface area contributed by atoms with Crippen LogP contribution in [0.4, 0.5) is 0 Å². The van der Waals surface area contributed by atoms with E-state index in [1.807, 2.05) is 69.3 Å². The molecule has 1 amide bonds. The minimum Gasteiger partial charge on any atom is -0.465 e. The molecule has 5 heterocycles. The van der Waals surface area contributed by atoms with E-state index in [0.717, 1.165) is 83.3 Å². The van der Waals surface area contributed by atoms with Crippen molar-refractivity contribution >= 4 is 51.7 Å². The summed E-state index contributed by atoms with van der Waals surface area (Å²) in [6.45, 7) is 8.19. The molecule has 3 N–H and O–H groups in total. The second kappa shape index (κ2) is 18.7. The number of esters is 2. The number of rotatable bonds is 8. The molecule has 0 saturated heterocycles. The first-order valence-electron chi connectivity index (χ1n) is 24.0. The summed E-state index contributed by atoms with van der Waals surface area (Å²) in [6, 6.07) is 53.8. The largest absolute Gasteiger partial charge is 0.465 e. The van der Waals surface area contributed by atoms with E-state index in [0.29, 0.717) is 50.7 Å². The van der Waals surface area contributed by atoms with Crippen molar-refractivity contribution in [2.45, 2.75) is 27.7 Å². The molecule has 6 aromatic carbocycles. The van der Waals surface area contributed by atoms with Crippen LogP contribution in [0.25, 0.3) is 101 Å². The van der Waals surface area contributed by atoms with Crippen LogP contribution in [0.1, 0.15) is 64.7 Å². The highest BCUT2D eigenvalue weighted by atomic mass is 16.5. The molecule has 0 aliphatic carbocycles. The van der Waals surface area contributed by atoms with Crippen molar-refractivity contribution in [2.75, 3.05) is 14.2 Å². The summed E-state index contributed by atoms with van der Waals surface area (Å²) in [5, 5.41) is 3.28. The summed E-state index contributed by atoms with van der Waals surface area (Å²) in [4.78, 5) is 60.7. The van der Waals surface area contributed by atoms with Gasteiger partial charge in [-0.3, -0.25) is 4.79 Å². The van der Waals surface area contributed by atoms with Gasteiger partial charge in [0.25, 0.3) is 5.91 Å². The number of methoxy groups -OCH3 is 2. The zero-order chi connectivity index (χ0) is 50.5. The van der Waals surface area contributed by atoms with Crippen LogP contribution in [0.3, 0.4) is 0 Å². The first-order chi connectivity index (χ1) is 35.5. The first-order valence-corrected chi connectivity index (χ1v) is 24.0. The summed E-state index contributed by atoms with van der Waals surface area (Å²) in [5.74, 6) is -1.67. The van der Waals surface area contributed by atoms with Gasteiger partial charge in [-0.05, 0) is 105 Å². The van der Waals surface area contributed by atoms with E-state index in [1.54, 1.807) is 24.3 Å². The summed E-state index contributed by atoms with van der Waals surface area (Å²) >= 11 is 0. The Labute approximate surface area is 422 Å². The molecule has 8 bridgehead atoms. The number of carbonyl (C=O) groups is 3. The van der Waals surface area contributed by atoms with E-state index < -0.39 is 11.9 Å². The van der Waals surface area contributed by atoms with E-state index in [9.17, 15) is 14.4 Å². The number of ether oxygens (including phenoxy) is 2. The molecule has 0 atom stereocenters. The lowest BCUT2D eigenvalue weighted by Gasteiger charge is -2.13. The predicted octanol–water partition coefficient (Wildman–Crippen LogP) is 14.1. The Balaban J connectivity index is 1.38. The van der Waals surface area contributed by atoms with E-state index >= 15 is 0 Å². The Hall–Kier alpha value is -9.41. The van der Waals surface area contributed by atoms with Crippen molar-refractivity contribution in [2.24, 2.45) is 0 Å². The van der Waals surface area contributed by atoms with Crippen LogP contribution in [0.15, 0.2) is 164 Å². The highest BCUT2D eigenvalue weighted by Crippen LogP contribution is 2.48. The monoisotopic (exact) mass is 955 g/mol. The number of carbonyl (C=O) groups excluding carboxylic acids is 3. The number of aromatic nitrogens is 4. The molecule has 9 aromatic rings. The van der Waals surface area contributed by atoms with E-state index in [4.69, 9.17) is 19.4 Å². The number of fused-ring (bicyclic) bond motifs is 11. The number of aryl methyl sites for hydroxylation is 4. The van der Waals surface area contributed by atoms with Crippen LogP contribution >= 0.6 is 0 Å². The number of hydrogen-bond donors (Lipinski definition) is 3. The maximum absolute atomic E-state index is 14.3. The number of nitrogens with zero attached hydrogens (tertiary/aromatic N) is 2. The molecular weight excluding hydrogens is 907 g/mol. The highest BCUT2D eigenvalue weighted by molar-refractivity contribution is 6.12. The van der Waals surface area contributed by atoms with Gasteiger partial charge in [0.1, 0.15) is 0 Å². The van der Waals surface area contributed by atoms with Gasteiger partial charge < -0.3 is 24.8 Å². The standard InChI is InChI=1S/C63H49N5O5/c1-35-12-20-39(21-13-35)54-48-28-29-49(64-48)55(40-22-14-36(2)15-23-40)58-44-32-46(62(70)72-5)47(63(71)73-6)33-45(44)59(68-58)56(41-24-16-37(3)17-25-41)50-30-31-51(65-50)57(42-26-18-38(4)19-27-42)60-53(34-52(54)66-60)67-61(69)43-10-8-7-9-11-43/h7-34,64-65H,1-6H3,(H,67,69). The fourth-order valence-electron chi connectivity index (χ4n) is 9.73. The van der Waals surface area contributed by atoms with Crippen LogP contribution in [-0.4, -0.2) is 52.0 Å². The number of nitrogens with one attached hydrogen (secondary N) is 3. The molecule has 73 heavy (non-hydrogen) atoms. The van der Waals surface area contributed by atoms with Gasteiger partial charge in [0.15, 0.2) is 0 Å². The number of hydrogen-bond acceptors (Lipinski definition) is 7. The summed E-state index contributed by atoms with van der Waals surface area (Å²) in [6.07, 6.45) is 1.96. The quantitative estimate of drug-likeness (QED) is 0.129. The van der Waals surface area contributed by atoms with Gasteiger partial charge in [0.2, 0.25) is 0 Å². The van der Waals surface area contributed by atoms with Crippen LogP contribution in [0.5, 0.6) is 0 Å². The van der Waals surface area contributed by atoms with Crippen molar-refractivity contribution in [3.05, 3.63) is 214 Å². The van der Waals surface area contributed by atoms with E-state index in [2.05, 4.69) is 119 Å². The third-order valence-corrected chi connectivity index (χ3v) is 13.5. The van der Waals surface area contributed by atoms with Crippen molar-refractivity contribution in [3.63, 3.8) is 0 Å². The number of aromatic amines is 2. The lowest BCUT2D eigenvalue weighted by Crippen LogP contribution is -2.21. The topological polar surface area (TPSA) is 139 Å². The van der Waals surface area contributed by atoms with E-state index in [1.165, 1.54) is 14.2 Å². The van der Waals surface area contributed by atoms with Crippen LogP contribution < -0.4 is 5.32 Å². The fourth-order valence-corrected chi connectivity index (χ4v) is 9.73. The molecule has 2 aliphatic rings. The Morgan fingerprint density at radius 3 is 1.21 bits per heavy atom. The van der Waals surface area contributed by atoms with E-state index in [-0.39, 0.29) is 17.0 Å². The molecule has 3 aromatic heterocycles. The Bertz CT molecular complexity index is 3910.